The van der Waals surface area contributed by atoms with Gasteiger partial charge in [0.25, 0.3) is 5.91 Å². The summed E-state index contributed by atoms with van der Waals surface area (Å²) in [6.07, 6.45) is 1.21. The summed E-state index contributed by atoms with van der Waals surface area (Å²) in [5.41, 5.74) is 6.91. The molecule has 8 nitrogen and oxygen atoms in total. The first-order valence-corrected chi connectivity index (χ1v) is 12.8. The Balaban J connectivity index is 1.82. The number of amides is 1. The molecule has 1 aromatic heterocycles. The third kappa shape index (κ3) is 5.51. The molecule has 2 atom stereocenters. The lowest BCUT2D eigenvalue weighted by Gasteiger charge is -2.44. The van der Waals surface area contributed by atoms with E-state index in [2.05, 4.69) is 39.3 Å². The van der Waals surface area contributed by atoms with Crippen molar-refractivity contribution in [3.8, 4) is 11.1 Å². The molecule has 0 aliphatic carbocycles. The molecule has 3 aromatic rings. The number of nitrogens with zero attached hydrogens (tertiary/aromatic N) is 4. The first-order chi connectivity index (χ1) is 18.0. The number of carbonyl (C=O) groups is 1. The highest BCUT2D eigenvalue weighted by molar-refractivity contribution is 6.32. The average molecular weight is 544 g/mol. The Bertz CT molecular complexity index is 1320. The zero-order chi connectivity index (χ0) is 27.7. The van der Waals surface area contributed by atoms with Crippen LogP contribution in [0.15, 0.2) is 36.7 Å². The summed E-state index contributed by atoms with van der Waals surface area (Å²) < 4.78 is 32.0. The van der Waals surface area contributed by atoms with E-state index in [1.807, 2.05) is 25.8 Å². The van der Waals surface area contributed by atoms with Gasteiger partial charge in [0.15, 0.2) is 16.8 Å². The smallest absolute Gasteiger partial charge is 0.251 e. The van der Waals surface area contributed by atoms with Crippen molar-refractivity contribution in [3.63, 3.8) is 0 Å². The lowest BCUT2D eigenvalue weighted by Crippen LogP contribution is -2.55. The molecule has 0 saturated carbocycles. The number of likely N-dealkylation sites (N-methyl/N-ethyl adjacent to an activating group) is 1. The van der Waals surface area contributed by atoms with Crippen molar-refractivity contribution in [3.05, 3.63) is 59.0 Å². The van der Waals surface area contributed by atoms with Gasteiger partial charge in [0.05, 0.1) is 11.3 Å². The van der Waals surface area contributed by atoms with Gasteiger partial charge in [-0.1, -0.05) is 23.7 Å². The Morgan fingerprint density at radius 2 is 1.76 bits per heavy atom. The van der Waals surface area contributed by atoms with Crippen molar-refractivity contribution in [1.82, 2.24) is 20.2 Å². The molecule has 1 amide bonds. The standard InChI is InChI=1S/C27H32ClF2N7O/c1-14(2)34-27(38)18-8-6-17(7-9-18)21-19(29)10-20(37-11-15(3)36(5)16(4)12-37)24(22(21)30)35-26-23(31)25(28)32-13-33-26/h6-10,13-16H,11-12,31H2,1-5H3,(H,34,38)(H,32,33,35)/t15-,16+. The summed E-state index contributed by atoms with van der Waals surface area (Å²) in [6, 6.07) is 7.72. The maximum atomic E-state index is 16.3. The molecular weight excluding hydrogens is 512 g/mol. The van der Waals surface area contributed by atoms with Gasteiger partial charge in [-0.15, -0.1) is 0 Å². The predicted octanol–water partition coefficient (Wildman–Crippen LogP) is 5.07. The molecule has 4 rings (SSSR count). The molecule has 4 N–H and O–H groups in total. The fourth-order valence-electron chi connectivity index (χ4n) is 4.57. The van der Waals surface area contributed by atoms with Gasteiger partial charge in [0.2, 0.25) is 0 Å². The summed E-state index contributed by atoms with van der Waals surface area (Å²) >= 11 is 6.07. The van der Waals surface area contributed by atoms with Gasteiger partial charge in [0.1, 0.15) is 23.5 Å². The number of halogens is 3. The highest BCUT2D eigenvalue weighted by Gasteiger charge is 2.31. The van der Waals surface area contributed by atoms with E-state index in [4.69, 9.17) is 17.3 Å². The summed E-state index contributed by atoms with van der Waals surface area (Å²) in [5.74, 6) is -1.69. The Labute approximate surface area is 226 Å². The number of piperazine rings is 1. The van der Waals surface area contributed by atoms with E-state index in [9.17, 15) is 4.79 Å². The second kappa shape index (κ2) is 11.1. The maximum absolute atomic E-state index is 16.3. The van der Waals surface area contributed by atoms with Crippen molar-refractivity contribution < 1.29 is 13.6 Å². The minimum Gasteiger partial charge on any atom is -0.393 e. The molecule has 202 valence electrons. The van der Waals surface area contributed by atoms with E-state index in [0.29, 0.717) is 24.3 Å². The van der Waals surface area contributed by atoms with Gasteiger partial charge in [-0.25, -0.2) is 18.7 Å². The topological polar surface area (TPSA) is 99.4 Å². The van der Waals surface area contributed by atoms with Gasteiger partial charge < -0.3 is 21.3 Å². The SMILES string of the molecule is CC(C)NC(=O)c1ccc(-c2c(F)cc(N3C[C@@H](C)N(C)[C@@H](C)C3)c(Nc3ncnc(Cl)c3N)c2F)cc1. The fourth-order valence-corrected chi connectivity index (χ4v) is 4.70. The molecule has 1 aliphatic rings. The van der Waals surface area contributed by atoms with Crippen LogP contribution in [-0.4, -0.2) is 59.0 Å². The number of benzene rings is 2. The van der Waals surface area contributed by atoms with Crippen LogP contribution in [0.1, 0.15) is 38.1 Å². The van der Waals surface area contributed by atoms with Crippen LogP contribution in [0.4, 0.5) is 31.7 Å². The van der Waals surface area contributed by atoms with E-state index >= 15 is 8.78 Å². The third-order valence-electron chi connectivity index (χ3n) is 6.83. The normalized spacial score (nSPS) is 18.1. The summed E-state index contributed by atoms with van der Waals surface area (Å²) in [4.78, 5) is 24.5. The van der Waals surface area contributed by atoms with E-state index in [-0.39, 0.29) is 57.5 Å². The van der Waals surface area contributed by atoms with Crippen molar-refractivity contribution in [1.29, 1.82) is 0 Å². The molecule has 0 spiro atoms. The summed E-state index contributed by atoms with van der Waals surface area (Å²) in [6.45, 7) is 8.96. The number of nitrogen functional groups attached to an aromatic ring is 1. The van der Waals surface area contributed by atoms with Crippen LogP contribution in [0.3, 0.4) is 0 Å². The van der Waals surface area contributed by atoms with Crippen molar-refractivity contribution in [2.75, 3.05) is 36.1 Å². The Hall–Kier alpha value is -3.50. The number of rotatable bonds is 6. The minimum absolute atomic E-state index is 0.0175. The molecule has 0 radical (unpaired) electrons. The number of hydrogen-bond donors (Lipinski definition) is 3. The molecule has 1 saturated heterocycles. The quantitative estimate of drug-likeness (QED) is 0.373. The van der Waals surface area contributed by atoms with Crippen molar-refractivity contribution in [2.45, 2.75) is 45.8 Å². The van der Waals surface area contributed by atoms with Gasteiger partial charge in [-0.3, -0.25) is 9.69 Å². The van der Waals surface area contributed by atoms with Gasteiger partial charge in [0, 0.05) is 42.8 Å². The minimum atomic E-state index is -0.812. The molecule has 0 bridgehead atoms. The number of nitrogens with two attached hydrogens (primary N) is 1. The van der Waals surface area contributed by atoms with E-state index in [1.165, 1.54) is 24.5 Å². The number of carbonyl (C=O) groups excluding carboxylic acids is 1. The largest absolute Gasteiger partial charge is 0.393 e. The molecule has 2 aromatic carbocycles. The first kappa shape index (κ1) is 27.5. The van der Waals surface area contributed by atoms with Crippen LogP contribution >= 0.6 is 11.6 Å². The first-order valence-electron chi connectivity index (χ1n) is 12.4. The number of anilines is 4. The third-order valence-corrected chi connectivity index (χ3v) is 7.13. The highest BCUT2D eigenvalue weighted by Crippen LogP contribution is 2.41. The van der Waals surface area contributed by atoms with E-state index in [0.717, 1.165) is 0 Å². The van der Waals surface area contributed by atoms with Crippen LogP contribution < -0.4 is 21.3 Å². The lowest BCUT2D eigenvalue weighted by atomic mass is 9.99. The van der Waals surface area contributed by atoms with Crippen LogP contribution in [0.5, 0.6) is 0 Å². The fraction of sp³-hybridized carbons (Fsp3) is 0.370. The molecular formula is C27H32ClF2N7O. The molecule has 11 heteroatoms. The van der Waals surface area contributed by atoms with E-state index < -0.39 is 11.6 Å². The van der Waals surface area contributed by atoms with Crippen LogP contribution in [0.25, 0.3) is 11.1 Å². The molecule has 2 heterocycles. The second-order valence-corrected chi connectivity index (χ2v) is 10.3. The van der Waals surface area contributed by atoms with Gasteiger partial charge in [-0.2, -0.15) is 0 Å². The van der Waals surface area contributed by atoms with Crippen molar-refractivity contribution in [2.24, 2.45) is 0 Å². The van der Waals surface area contributed by atoms with E-state index in [1.54, 1.807) is 12.1 Å². The zero-order valence-corrected chi connectivity index (χ0v) is 22.8. The van der Waals surface area contributed by atoms with Crippen molar-refractivity contribution >= 4 is 40.4 Å². The second-order valence-electron chi connectivity index (χ2n) is 9.97. The lowest BCUT2D eigenvalue weighted by molar-refractivity contribution is 0.0943. The van der Waals surface area contributed by atoms with Crippen LogP contribution in [0, 0.1) is 11.6 Å². The van der Waals surface area contributed by atoms with Crippen LogP contribution in [0.2, 0.25) is 5.15 Å². The monoisotopic (exact) mass is 543 g/mol. The average Bonchev–Trinajstić information content (AvgIpc) is 2.86. The van der Waals surface area contributed by atoms with Gasteiger partial charge in [-0.05, 0) is 52.4 Å². The summed E-state index contributed by atoms with van der Waals surface area (Å²) in [7, 11) is 2.03. The predicted molar refractivity (Wildman–Crippen MR) is 148 cm³/mol. The molecule has 1 fully saturated rings. The summed E-state index contributed by atoms with van der Waals surface area (Å²) in [5, 5.41) is 5.77. The van der Waals surface area contributed by atoms with Crippen LogP contribution in [-0.2, 0) is 0 Å². The highest BCUT2D eigenvalue weighted by atomic mass is 35.5. The number of hydrogen-bond acceptors (Lipinski definition) is 7. The number of nitrogens with one attached hydrogen (secondary N) is 2. The maximum Gasteiger partial charge on any atom is 0.251 e. The molecule has 1 aliphatic heterocycles. The van der Waals surface area contributed by atoms with Gasteiger partial charge >= 0.3 is 0 Å². The zero-order valence-electron chi connectivity index (χ0n) is 22.0. The Morgan fingerprint density at radius 3 is 2.37 bits per heavy atom. The number of aromatic nitrogens is 2. The molecule has 38 heavy (non-hydrogen) atoms. The Kier molecular flexibility index (Phi) is 8.03. The molecule has 0 unspecified atom stereocenters. The Morgan fingerprint density at radius 1 is 1.13 bits per heavy atom.